The van der Waals surface area contributed by atoms with Crippen LogP contribution >= 0.6 is 34.8 Å². The first kappa shape index (κ1) is 72.6. The third-order valence-corrected chi connectivity index (χ3v) is 19.1. The molecule has 0 saturated carbocycles. The number of fused-ring (bicyclic) bond motifs is 3. The smallest absolute Gasteiger partial charge is 0.355 e. The molecule has 0 atom stereocenters. The fraction of sp³-hybridized carbons (Fsp3) is 0.0941. The van der Waals surface area contributed by atoms with Gasteiger partial charge in [0.2, 0.25) is 29.4 Å². The van der Waals surface area contributed by atoms with Crippen molar-refractivity contribution in [2.75, 3.05) is 21.3 Å². The number of carbonyl (C=O) groups is 3. The van der Waals surface area contributed by atoms with Crippen LogP contribution in [0.3, 0.4) is 0 Å². The van der Waals surface area contributed by atoms with Gasteiger partial charge in [-0.3, -0.25) is 20.4 Å². The highest BCUT2D eigenvalue weighted by Crippen LogP contribution is 2.49. The molecule has 0 aliphatic carbocycles. The van der Waals surface area contributed by atoms with Crippen molar-refractivity contribution >= 4 is 85.3 Å². The summed E-state index contributed by atoms with van der Waals surface area (Å²) in [4.78, 5) is 49.5. The Balaban J connectivity index is 0.000000137. The van der Waals surface area contributed by atoms with Crippen molar-refractivity contribution in [3.8, 4) is 29.2 Å². The van der Waals surface area contributed by atoms with Crippen LogP contribution < -0.4 is 25.1 Å². The largest absolute Gasteiger partial charge is 0.479 e. The number of hydrogen-bond acceptors (Lipinski definition) is 15. The van der Waals surface area contributed by atoms with E-state index in [0.717, 1.165) is 50.1 Å². The van der Waals surface area contributed by atoms with Crippen LogP contribution in [0.4, 0.5) is 0 Å². The van der Waals surface area contributed by atoms with Crippen LogP contribution in [0, 0.1) is 6.92 Å². The zero-order valence-electron chi connectivity index (χ0n) is 59.1. The Morgan fingerprint density at radius 3 is 0.917 bits per heavy atom. The first-order valence-corrected chi connectivity index (χ1v) is 35.3. The fourth-order valence-electron chi connectivity index (χ4n) is 14.2. The summed E-state index contributed by atoms with van der Waals surface area (Å²) in [5, 5.41) is 34.5. The number of hydrazine groups is 1. The van der Waals surface area contributed by atoms with Crippen molar-refractivity contribution in [3.63, 3.8) is 0 Å². The molecule has 9 aromatic carbocycles. The van der Waals surface area contributed by atoms with Gasteiger partial charge in [-0.25, -0.2) is 33.8 Å². The normalized spacial score (nSPS) is 11.4. The zero-order valence-corrected chi connectivity index (χ0v) is 61.3. The number of nitrogens with one attached hydrogen (secondary N) is 2. The number of aromatic nitrogens is 11. The van der Waals surface area contributed by atoms with Crippen molar-refractivity contribution in [1.29, 1.82) is 0 Å². The maximum Gasteiger partial charge on any atom is 0.355 e. The third-order valence-electron chi connectivity index (χ3n) is 18.6. The second-order valence-electron chi connectivity index (χ2n) is 24.8. The summed E-state index contributed by atoms with van der Waals surface area (Å²) >= 11 is 19.4. The molecule has 0 aliphatic rings. The second kappa shape index (κ2) is 31.4. The molecule has 0 radical (unpaired) electrons. The van der Waals surface area contributed by atoms with Gasteiger partial charge in [-0.1, -0.05) is 308 Å². The van der Waals surface area contributed by atoms with Gasteiger partial charge in [-0.15, -0.1) is 25.5 Å². The monoisotopic (exact) mass is 1500 g/mol. The molecule has 540 valence electrons. The van der Waals surface area contributed by atoms with Gasteiger partial charge in [0.15, 0.2) is 5.69 Å². The highest BCUT2D eigenvalue weighted by molar-refractivity contribution is 6.31. The molecular weight excluding hydrogens is 1440 g/mol. The van der Waals surface area contributed by atoms with Crippen LogP contribution in [0.2, 0.25) is 15.5 Å². The number of aromatic carboxylic acids is 1. The summed E-state index contributed by atoms with van der Waals surface area (Å²) < 4.78 is 28.4. The minimum Gasteiger partial charge on any atom is -0.479 e. The van der Waals surface area contributed by atoms with Crippen molar-refractivity contribution in [1.82, 2.24) is 65.3 Å². The number of carboxylic acids is 1. The summed E-state index contributed by atoms with van der Waals surface area (Å²) in [6, 6.07) is 95.6. The number of halogens is 3. The SMILES string of the molecule is COc1nn(C(c2ccccc2)(c2ccccc2)c2ccccc2)c2cc(Cl)nc(-c3nnc(C)o3)c12.COc1nn(C(c2ccccc2)(c2ccccc2)c2ccccc2)c2cc(Cl)nc(C(=O)NNC(C)=O)c12.COc1nn(C(c2ccccc2)(c2ccccc2)c2ccccc2)c2cc(Cl)nc(C(=O)O)c12. The Labute approximate surface area is 639 Å². The molecule has 0 aliphatic heterocycles. The number of hydrogen-bond donors (Lipinski definition) is 3. The number of nitrogens with zero attached hydrogens (tertiary/aromatic N) is 11. The van der Waals surface area contributed by atoms with Crippen LogP contribution in [-0.4, -0.2) is 98.7 Å². The van der Waals surface area contributed by atoms with E-state index in [9.17, 15) is 19.5 Å². The first-order valence-electron chi connectivity index (χ1n) is 34.2. The summed E-state index contributed by atoms with van der Waals surface area (Å²) in [5.41, 5.74) is 12.4. The van der Waals surface area contributed by atoms with Gasteiger partial charge in [-0.2, -0.15) is 0 Å². The van der Waals surface area contributed by atoms with Crippen LogP contribution in [0.15, 0.2) is 296 Å². The molecule has 109 heavy (non-hydrogen) atoms. The molecular formula is C85H66Cl3N13O8. The Morgan fingerprint density at radius 1 is 0.385 bits per heavy atom. The number of carbonyl (C=O) groups excluding carboxylic acids is 2. The van der Waals surface area contributed by atoms with Gasteiger partial charge < -0.3 is 23.7 Å². The van der Waals surface area contributed by atoms with Crippen LogP contribution in [0.1, 0.15) is 83.9 Å². The van der Waals surface area contributed by atoms with Crippen molar-refractivity contribution in [2.24, 2.45) is 0 Å². The second-order valence-corrected chi connectivity index (χ2v) is 26.0. The Kier molecular flexibility index (Phi) is 20.9. The van der Waals surface area contributed by atoms with Crippen molar-refractivity contribution in [3.05, 3.63) is 374 Å². The van der Waals surface area contributed by atoms with E-state index in [2.05, 4.69) is 72.4 Å². The lowest BCUT2D eigenvalue weighted by molar-refractivity contribution is -0.119. The Bertz CT molecular complexity index is 5620. The molecule has 0 saturated heterocycles. The van der Waals surface area contributed by atoms with E-state index >= 15 is 0 Å². The first-order chi connectivity index (χ1) is 53.2. The van der Waals surface area contributed by atoms with Crippen molar-refractivity contribution in [2.45, 2.75) is 30.5 Å². The third kappa shape index (κ3) is 13.4. The van der Waals surface area contributed by atoms with Gasteiger partial charge in [0.05, 0.1) is 54.0 Å². The van der Waals surface area contributed by atoms with E-state index in [1.807, 2.05) is 246 Å². The molecule has 16 rings (SSSR count). The molecule has 21 nitrogen and oxygen atoms in total. The van der Waals surface area contributed by atoms with Gasteiger partial charge in [0, 0.05) is 32.0 Å². The fourth-order valence-corrected chi connectivity index (χ4v) is 14.8. The van der Waals surface area contributed by atoms with E-state index in [0.29, 0.717) is 44.8 Å². The number of amides is 2. The summed E-state index contributed by atoms with van der Waals surface area (Å²) in [7, 11) is 4.52. The number of carboxylic acid groups (broad SMARTS) is 1. The summed E-state index contributed by atoms with van der Waals surface area (Å²) in [6.45, 7) is 3.01. The topological polar surface area (TPSA) is 254 Å². The number of methoxy groups -OCH3 is 3. The maximum atomic E-state index is 13.1. The minimum atomic E-state index is -1.21. The summed E-state index contributed by atoms with van der Waals surface area (Å²) in [6.07, 6.45) is 0. The molecule has 7 aromatic heterocycles. The maximum absolute atomic E-state index is 13.1. The molecule has 0 bridgehead atoms. The standard InChI is InChI=1S/C29H24ClN5O3.C29H22ClN5O2.C27H20ClN3O3/c1-19(36)32-33-27(37)26-25-23(18-24(30)31-26)35(34-28(25)38-2)29(20-12-6-3-7-13-20,21-14-8-4-9-15-21)22-16-10-5-11-17-22;1-19-32-33-28(37-19)26-25-23(18-24(30)31-26)35(34-27(25)36-2)29(20-12-6-3-7-13-20,21-14-8-4-9-15-21)22-16-10-5-11-17-22;1-34-25-23-21(17-22(28)29-24(23)26(32)33)31(30-25)27(18-11-5-2-6-12-18,19-13-7-3-8-14-19)20-15-9-4-10-16-20/h3-18H,1-2H3,(H,32,36)(H,33,37);3-18H,1-2H3;2-17H,1H3,(H,32,33). The molecule has 16 aromatic rings. The molecule has 0 fully saturated rings. The zero-order chi connectivity index (χ0) is 75.8. The highest BCUT2D eigenvalue weighted by atomic mass is 35.5. The Hall–Kier alpha value is -13.3. The van der Waals surface area contributed by atoms with Crippen LogP contribution in [0.5, 0.6) is 17.6 Å². The summed E-state index contributed by atoms with van der Waals surface area (Å²) in [5.74, 6) is -0.929. The van der Waals surface area contributed by atoms with Gasteiger partial charge in [0.25, 0.3) is 11.8 Å². The van der Waals surface area contributed by atoms with Crippen molar-refractivity contribution < 1.29 is 38.1 Å². The average Bonchev–Trinajstić information content (AvgIpc) is 1.68. The lowest BCUT2D eigenvalue weighted by Crippen LogP contribution is -2.40. The molecule has 3 N–H and O–H groups in total. The molecule has 24 heteroatoms. The van der Waals surface area contributed by atoms with E-state index in [4.69, 9.17) is 68.7 Å². The lowest BCUT2D eigenvalue weighted by Gasteiger charge is -2.36. The van der Waals surface area contributed by atoms with Gasteiger partial charge >= 0.3 is 5.97 Å². The number of ether oxygens (including phenoxy) is 3. The highest BCUT2D eigenvalue weighted by Gasteiger charge is 2.46. The van der Waals surface area contributed by atoms with E-state index in [1.165, 1.54) is 21.1 Å². The quantitative estimate of drug-likeness (QED) is 0.0410. The van der Waals surface area contributed by atoms with Crippen LogP contribution in [-0.2, 0) is 21.4 Å². The lowest BCUT2D eigenvalue weighted by atomic mass is 9.77. The Morgan fingerprint density at radius 2 is 0.651 bits per heavy atom. The predicted molar refractivity (Wildman–Crippen MR) is 417 cm³/mol. The van der Waals surface area contributed by atoms with E-state index < -0.39 is 34.4 Å². The van der Waals surface area contributed by atoms with E-state index in [1.54, 1.807) is 36.9 Å². The number of rotatable bonds is 18. The predicted octanol–water partition coefficient (Wildman–Crippen LogP) is 16.6. The molecule has 7 heterocycles. The minimum absolute atomic E-state index is 0.0348. The molecule has 2 amide bonds. The van der Waals surface area contributed by atoms with Crippen LogP contribution in [0.25, 0.3) is 44.3 Å². The van der Waals surface area contributed by atoms with Gasteiger partial charge in [-0.05, 0) is 50.1 Å². The van der Waals surface area contributed by atoms with Gasteiger partial charge in [0.1, 0.15) is 43.5 Å². The molecule has 0 spiro atoms. The van der Waals surface area contributed by atoms with E-state index in [-0.39, 0.29) is 49.9 Å². The average molecular weight is 1500 g/mol. The number of aryl methyl sites for hydroxylation is 1. The number of pyridine rings is 3. The number of benzene rings is 9. The molecule has 0 unspecified atom stereocenters.